The molecular weight excluding hydrogens is 486 g/mol. The summed E-state index contributed by atoms with van der Waals surface area (Å²) < 4.78 is 28.6. The third-order valence-electron chi connectivity index (χ3n) is 6.67. The van der Waals surface area contributed by atoms with E-state index in [4.69, 9.17) is 0 Å². The molecule has 0 saturated heterocycles. The van der Waals surface area contributed by atoms with Crippen LogP contribution in [0.1, 0.15) is 45.2 Å². The maximum Gasteiger partial charge on any atom is 0.165 e. The smallest absolute Gasteiger partial charge is 0.165 e. The van der Waals surface area contributed by atoms with Crippen LogP contribution >= 0.6 is 0 Å². The number of aromatic hydroxyl groups is 4. The van der Waals surface area contributed by atoms with Gasteiger partial charge in [-0.1, -0.05) is 60.7 Å². The van der Waals surface area contributed by atoms with Gasteiger partial charge in [0, 0.05) is 11.8 Å². The summed E-state index contributed by atoms with van der Waals surface area (Å²) in [5.41, 5.74) is 4.55. The van der Waals surface area contributed by atoms with Crippen molar-refractivity contribution in [3.8, 4) is 23.0 Å². The monoisotopic (exact) mass is 510 g/mol. The summed E-state index contributed by atoms with van der Waals surface area (Å²) in [4.78, 5) is 0. The summed E-state index contributed by atoms with van der Waals surface area (Å²) in [6.07, 6.45) is 0. The summed E-state index contributed by atoms with van der Waals surface area (Å²) in [6.45, 7) is 0. The van der Waals surface area contributed by atoms with Crippen LogP contribution in [0.3, 0.4) is 0 Å². The van der Waals surface area contributed by atoms with E-state index in [2.05, 4.69) is 0 Å². The molecule has 4 nitrogen and oxygen atoms in total. The molecule has 0 aromatic heterocycles. The van der Waals surface area contributed by atoms with Gasteiger partial charge in [0.15, 0.2) is 23.1 Å². The average molecular weight is 511 g/mol. The van der Waals surface area contributed by atoms with E-state index in [1.54, 1.807) is 36.4 Å². The molecule has 0 fully saturated rings. The fourth-order valence-electron chi connectivity index (χ4n) is 4.77. The lowest BCUT2D eigenvalue weighted by Crippen LogP contribution is -2.07. The van der Waals surface area contributed by atoms with Crippen molar-refractivity contribution >= 4 is 0 Å². The SMILES string of the molecule is Oc1ccc(C(c2ccc(O)cc2)c2ccc(C(c3ccc(O)c(F)c3)c3ccc(O)c(F)c3)cc2)cc1. The van der Waals surface area contributed by atoms with E-state index in [0.29, 0.717) is 11.1 Å². The topological polar surface area (TPSA) is 80.9 Å². The van der Waals surface area contributed by atoms with Crippen molar-refractivity contribution in [1.29, 1.82) is 0 Å². The van der Waals surface area contributed by atoms with Gasteiger partial charge in [-0.15, -0.1) is 0 Å². The van der Waals surface area contributed by atoms with Gasteiger partial charge in [0.25, 0.3) is 0 Å². The molecule has 5 aromatic carbocycles. The van der Waals surface area contributed by atoms with Gasteiger partial charge < -0.3 is 20.4 Å². The molecule has 4 N–H and O–H groups in total. The average Bonchev–Trinajstić information content (AvgIpc) is 2.91. The Hall–Kier alpha value is -4.84. The minimum Gasteiger partial charge on any atom is -0.508 e. The van der Waals surface area contributed by atoms with Crippen LogP contribution < -0.4 is 0 Å². The molecule has 0 saturated carbocycles. The van der Waals surface area contributed by atoms with Gasteiger partial charge in [0.2, 0.25) is 0 Å². The largest absolute Gasteiger partial charge is 0.508 e. The zero-order chi connectivity index (χ0) is 26.8. The van der Waals surface area contributed by atoms with Crippen molar-refractivity contribution in [3.63, 3.8) is 0 Å². The predicted octanol–water partition coefficient (Wildman–Crippen LogP) is 7.15. The van der Waals surface area contributed by atoms with Crippen LogP contribution in [0.2, 0.25) is 0 Å². The molecule has 38 heavy (non-hydrogen) atoms. The summed E-state index contributed by atoms with van der Waals surface area (Å²) >= 11 is 0. The predicted molar refractivity (Wildman–Crippen MR) is 141 cm³/mol. The summed E-state index contributed by atoms with van der Waals surface area (Å²) in [5.74, 6) is -3.02. The standard InChI is InChI=1S/C32H24F2O4/c33-27-17-23(9-15-29(27)37)32(24-10-16-30(38)28(34)18-24)20-3-1-19(2-4-20)31(21-5-11-25(35)12-6-21)22-7-13-26(36)14-8-22/h1-18,31-32,35-38H. The normalized spacial score (nSPS) is 11.3. The maximum atomic E-state index is 14.3. The molecule has 0 amide bonds. The number of rotatable bonds is 6. The molecule has 0 aliphatic carbocycles. The number of phenolic OH excluding ortho intramolecular Hbond substituents is 4. The lowest BCUT2D eigenvalue weighted by atomic mass is 9.81. The van der Waals surface area contributed by atoms with Gasteiger partial charge in [0.05, 0.1) is 0 Å². The number of benzene rings is 5. The third kappa shape index (κ3) is 5.02. The molecule has 0 spiro atoms. The highest BCUT2D eigenvalue weighted by atomic mass is 19.1. The van der Waals surface area contributed by atoms with Crippen LogP contribution in [0, 0.1) is 11.6 Å². The van der Waals surface area contributed by atoms with Crippen molar-refractivity contribution < 1.29 is 29.2 Å². The van der Waals surface area contributed by atoms with Gasteiger partial charge in [-0.25, -0.2) is 8.78 Å². The van der Waals surface area contributed by atoms with E-state index in [9.17, 15) is 29.2 Å². The van der Waals surface area contributed by atoms with Crippen molar-refractivity contribution in [1.82, 2.24) is 0 Å². The number of phenols is 4. The first-order valence-corrected chi connectivity index (χ1v) is 11.9. The Balaban J connectivity index is 1.60. The van der Waals surface area contributed by atoms with Gasteiger partial charge in [-0.3, -0.25) is 0 Å². The van der Waals surface area contributed by atoms with E-state index in [1.165, 1.54) is 24.3 Å². The molecule has 5 rings (SSSR count). The van der Waals surface area contributed by atoms with Gasteiger partial charge in [-0.2, -0.15) is 0 Å². The first-order valence-electron chi connectivity index (χ1n) is 11.9. The fourth-order valence-corrected chi connectivity index (χ4v) is 4.77. The maximum absolute atomic E-state index is 14.3. The third-order valence-corrected chi connectivity index (χ3v) is 6.67. The molecule has 0 atom stereocenters. The number of hydrogen-bond donors (Lipinski definition) is 4. The van der Waals surface area contributed by atoms with Crippen LogP contribution in [-0.4, -0.2) is 20.4 Å². The molecule has 0 radical (unpaired) electrons. The zero-order valence-corrected chi connectivity index (χ0v) is 20.1. The highest BCUT2D eigenvalue weighted by Gasteiger charge is 2.22. The first kappa shape index (κ1) is 24.8. The Morgan fingerprint density at radius 1 is 0.368 bits per heavy atom. The fraction of sp³-hybridized carbons (Fsp3) is 0.0625. The molecular formula is C32H24F2O4. The summed E-state index contributed by atoms with van der Waals surface area (Å²) in [5, 5.41) is 39.0. The van der Waals surface area contributed by atoms with E-state index in [-0.39, 0.29) is 17.4 Å². The van der Waals surface area contributed by atoms with Crippen LogP contribution in [0.15, 0.2) is 109 Å². The molecule has 0 bridgehead atoms. The summed E-state index contributed by atoms with van der Waals surface area (Å²) in [6, 6.07) is 29.5. The van der Waals surface area contributed by atoms with E-state index < -0.39 is 29.1 Å². The lowest BCUT2D eigenvalue weighted by Gasteiger charge is -2.22. The molecule has 5 aromatic rings. The number of halogens is 2. The Morgan fingerprint density at radius 2 is 0.632 bits per heavy atom. The van der Waals surface area contributed by atoms with Crippen molar-refractivity contribution in [2.75, 3.05) is 0 Å². The minimum absolute atomic E-state index is 0.152. The Kier molecular flexibility index (Phi) is 6.71. The van der Waals surface area contributed by atoms with Crippen molar-refractivity contribution in [2.24, 2.45) is 0 Å². The Morgan fingerprint density at radius 3 is 0.947 bits per heavy atom. The molecule has 0 aliphatic heterocycles. The van der Waals surface area contributed by atoms with Gasteiger partial charge in [0.1, 0.15) is 11.5 Å². The van der Waals surface area contributed by atoms with Crippen LogP contribution in [0.5, 0.6) is 23.0 Å². The molecule has 0 aliphatic rings. The summed E-state index contributed by atoms with van der Waals surface area (Å²) in [7, 11) is 0. The minimum atomic E-state index is -0.789. The van der Waals surface area contributed by atoms with Gasteiger partial charge >= 0.3 is 0 Å². The molecule has 6 heteroatoms. The number of hydrogen-bond acceptors (Lipinski definition) is 4. The second-order valence-electron chi connectivity index (χ2n) is 9.14. The van der Waals surface area contributed by atoms with Crippen molar-refractivity contribution in [3.05, 3.63) is 154 Å². The van der Waals surface area contributed by atoms with Crippen molar-refractivity contribution in [2.45, 2.75) is 11.8 Å². The lowest BCUT2D eigenvalue weighted by molar-refractivity contribution is 0.431. The molecule has 0 unspecified atom stereocenters. The second kappa shape index (κ2) is 10.3. The highest BCUT2D eigenvalue weighted by molar-refractivity contribution is 5.50. The Labute approximate surface area is 218 Å². The molecule has 0 heterocycles. The van der Waals surface area contributed by atoms with E-state index in [0.717, 1.165) is 22.3 Å². The second-order valence-corrected chi connectivity index (χ2v) is 9.14. The zero-order valence-electron chi connectivity index (χ0n) is 20.1. The van der Waals surface area contributed by atoms with Crippen LogP contribution in [0.25, 0.3) is 0 Å². The first-order chi connectivity index (χ1) is 18.3. The van der Waals surface area contributed by atoms with Crippen LogP contribution in [0.4, 0.5) is 8.78 Å². The quantitative estimate of drug-likeness (QED) is 0.183. The van der Waals surface area contributed by atoms with Crippen LogP contribution in [-0.2, 0) is 0 Å². The van der Waals surface area contributed by atoms with E-state index in [1.807, 2.05) is 48.5 Å². The molecule has 190 valence electrons. The van der Waals surface area contributed by atoms with Gasteiger partial charge in [-0.05, 0) is 81.9 Å². The highest BCUT2D eigenvalue weighted by Crippen LogP contribution is 2.38. The Bertz CT molecular complexity index is 1470. The van der Waals surface area contributed by atoms with E-state index >= 15 is 0 Å².